The molecule has 0 aliphatic carbocycles. The summed E-state index contributed by atoms with van der Waals surface area (Å²) in [5.41, 5.74) is 0.254. The van der Waals surface area contributed by atoms with E-state index < -0.39 is 17.5 Å². The molecule has 174 valence electrons. The molecule has 1 aromatic carbocycles. The number of piperidine rings is 1. The van der Waals surface area contributed by atoms with E-state index in [4.69, 9.17) is 4.74 Å². The lowest BCUT2D eigenvalue weighted by Gasteiger charge is -2.36. The van der Waals surface area contributed by atoms with E-state index in [9.17, 15) is 23.1 Å². The molecule has 32 heavy (non-hydrogen) atoms. The van der Waals surface area contributed by atoms with Gasteiger partial charge in [-0.25, -0.2) is 0 Å². The van der Waals surface area contributed by atoms with Gasteiger partial charge in [0.15, 0.2) is 0 Å². The zero-order valence-electron chi connectivity index (χ0n) is 18.2. The SMILES string of the molecule is COC(=O)CC(C)N1CCCC(Nc2cc(C)c(-c3ccc(C(F)(F)F)cc3O)nn2)C1. The lowest BCUT2D eigenvalue weighted by Crippen LogP contribution is -2.47. The number of aromatic hydroxyl groups is 1. The van der Waals surface area contributed by atoms with Crippen molar-refractivity contribution in [3.63, 3.8) is 0 Å². The Hall–Kier alpha value is -2.88. The van der Waals surface area contributed by atoms with Crippen LogP contribution >= 0.6 is 0 Å². The smallest absolute Gasteiger partial charge is 0.416 e. The van der Waals surface area contributed by atoms with Crippen LogP contribution in [-0.2, 0) is 15.7 Å². The highest BCUT2D eigenvalue weighted by Gasteiger charge is 2.31. The number of phenolic OH excluding ortho intramolecular Hbond substituents is 1. The third kappa shape index (κ3) is 5.67. The van der Waals surface area contributed by atoms with Gasteiger partial charge >= 0.3 is 12.1 Å². The zero-order valence-corrected chi connectivity index (χ0v) is 18.2. The van der Waals surface area contributed by atoms with E-state index in [1.165, 1.54) is 13.2 Å². The standard InChI is InChI=1S/C22H27F3N4O3/c1-13-9-19(26-16-5-4-8-29(12-16)14(2)10-20(31)32-3)27-28-21(13)17-7-6-15(11-18(17)30)22(23,24)25/h6-7,9,11,14,16,30H,4-5,8,10,12H2,1-3H3,(H,26,27). The van der Waals surface area contributed by atoms with Gasteiger partial charge in [-0.15, -0.1) is 10.2 Å². The van der Waals surface area contributed by atoms with Crippen molar-refractivity contribution in [2.75, 3.05) is 25.5 Å². The first kappa shape index (κ1) is 23.8. The maximum absolute atomic E-state index is 12.8. The first-order valence-electron chi connectivity index (χ1n) is 10.4. The highest BCUT2D eigenvalue weighted by atomic mass is 19.4. The summed E-state index contributed by atoms with van der Waals surface area (Å²) < 4.78 is 43.3. The molecular formula is C22H27F3N4O3. The second kappa shape index (κ2) is 9.72. The first-order chi connectivity index (χ1) is 15.1. The van der Waals surface area contributed by atoms with E-state index in [-0.39, 0.29) is 23.6 Å². The molecule has 2 aromatic rings. The molecule has 0 saturated carbocycles. The predicted octanol–water partition coefficient (Wildman–Crippen LogP) is 4.00. The molecule has 2 N–H and O–H groups in total. The molecule has 2 heterocycles. The number of aromatic nitrogens is 2. The topological polar surface area (TPSA) is 87.6 Å². The number of benzene rings is 1. The Morgan fingerprint density at radius 2 is 2.09 bits per heavy atom. The van der Waals surface area contributed by atoms with Gasteiger partial charge in [0.2, 0.25) is 0 Å². The van der Waals surface area contributed by atoms with E-state index in [2.05, 4.69) is 20.4 Å². The normalized spacial score (nSPS) is 18.2. The molecule has 0 amide bonds. The molecule has 0 spiro atoms. The maximum Gasteiger partial charge on any atom is 0.416 e. The Kier molecular flexibility index (Phi) is 7.22. The number of hydrogen-bond acceptors (Lipinski definition) is 7. The monoisotopic (exact) mass is 452 g/mol. The minimum atomic E-state index is -4.53. The minimum Gasteiger partial charge on any atom is -0.507 e. The number of aryl methyl sites for hydroxylation is 1. The Balaban J connectivity index is 1.70. The number of carbonyl (C=O) groups is 1. The summed E-state index contributed by atoms with van der Waals surface area (Å²) in [7, 11) is 1.38. The van der Waals surface area contributed by atoms with Gasteiger partial charge < -0.3 is 15.2 Å². The molecule has 2 atom stereocenters. The van der Waals surface area contributed by atoms with Crippen LogP contribution in [0.25, 0.3) is 11.3 Å². The molecule has 1 aliphatic rings. The van der Waals surface area contributed by atoms with Crippen molar-refractivity contribution in [2.45, 2.75) is 51.4 Å². The number of anilines is 1. The van der Waals surface area contributed by atoms with E-state index in [0.717, 1.165) is 32.0 Å². The number of ether oxygens (including phenoxy) is 1. The molecule has 1 aliphatic heterocycles. The molecule has 3 rings (SSSR count). The first-order valence-corrected chi connectivity index (χ1v) is 10.4. The van der Waals surface area contributed by atoms with Crippen molar-refractivity contribution in [3.05, 3.63) is 35.4 Å². The predicted molar refractivity (Wildman–Crippen MR) is 113 cm³/mol. The Morgan fingerprint density at radius 3 is 2.72 bits per heavy atom. The van der Waals surface area contributed by atoms with E-state index in [1.807, 2.05) is 6.92 Å². The molecule has 1 saturated heterocycles. The summed E-state index contributed by atoms with van der Waals surface area (Å²) in [6.07, 6.45) is -2.31. The van der Waals surface area contributed by atoms with Crippen LogP contribution in [0.15, 0.2) is 24.3 Å². The number of hydrogen-bond donors (Lipinski definition) is 2. The van der Waals surface area contributed by atoms with E-state index in [1.54, 1.807) is 13.0 Å². The zero-order chi connectivity index (χ0) is 23.5. The number of nitrogens with one attached hydrogen (secondary N) is 1. The van der Waals surface area contributed by atoms with Crippen LogP contribution in [0.1, 0.15) is 37.3 Å². The largest absolute Gasteiger partial charge is 0.507 e. The van der Waals surface area contributed by atoms with Crippen LogP contribution < -0.4 is 5.32 Å². The number of likely N-dealkylation sites (tertiary alicyclic amines) is 1. The Labute approximate surface area is 184 Å². The van der Waals surface area contributed by atoms with Gasteiger partial charge in [-0.3, -0.25) is 9.69 Å². The van der Waals surface area contributed by atoms with Gasteiger partial charge in [0.1, 0.15) is 11.6 Å². The number of methoxy groups -OCH3 is 1. The van der Waals surface area contributed by atoms with Crippen molar-refractivity contribution < 1.29 is 27.8 Å². The maximum atomic E-state index is 12.8. The van der Waals surface area contributed by atoms with Gasteiger partial charge in [-0.2, -0.15) is 13.2 Å². The minimum absolute atomic E-state index is 0.0601. The molecule has 0 radical (unpaired) electrons. The van der Waals surface area contributed by atoms with Gasteiger partial charge in [0.05, 0.1) is 24.8 Å². The quantitative estimate of drug-likeness (QED) is 0.641. The average Bonchev–Trinajstić information content (AvgIpc) is 2.73. The lowest BCUT2D eigenvalue weighted by atomic mass is 10.0. The molecule has 0 bridgehead atoms. The third-order valence-corrected chi connectivity index (χ3v) is 5.68. The summed E-state index contributed by atoms with van der Waals surface area (Å²) in [6.45, 7) is 5.39. The van der Waals surface area contributed by atoms with Gasteiger partial charge in [-0.05, 0) is 63.1 Å². The number of nitrogens with zero attached hydrogens (tertiary/aromatic N) is 3. The molecule has 1 fully saturated rings. The van der Waals surface area contributed by atoms with Crippen LogP contribution in [0.3, 0.4) is 0 Å². The number of phenols is 1. The van der Waals surface area contributed by atoms with Gasteiger partial charge in [0.25, 0.3) is 0 Å². The Bertz CT molecular complexity index is 968. The number of alkyl halides is 3. The number of esters is 1. The van der Waals surface area contributed by atoms with Crippen molar-refractivity contribution in [2.24, 2.45) is 0 Å². The molecule has 2 unspecified atom stereocenters. The summed E-state index contributed by atoms with van der Waals surface area (Å²) >= 11 is 0. The molecular weight excluding hydrogens is 425 g/mol. The van der Waals surface area contributed by atoms with Gasteiger partial charge in [-0.1, -0.05) is 0 Å². The second-order valence-electron chi connectivity index (χ2n) is 8.10. The summed E-state index contributed by atoms with van der Waals surface area (Å²) in [6, 6.07) is 4.73. The fourth-order valence-electron chi connectivity index (χ4n) is 3.92. The van der Waals surface area contributed by atoms with Crippen LogP contribution in [0.5, 0.6) is 5.75 Å². The average molecular weight is 452 g/mol. The Morgan fingerprint density at radius 1 is 1.34 bits per heavy atom. The van der Waals surface area contributed by atoms with Crippen molar-refractivity contribution >= 4 is 11.8 Å². The van der Waals surface area contributed by atoms with Gasteiger partial charge in [0, 0.05) is 24.2 Å². The fourth-order valence-corrected chi connectivity index (χ4v) is 3.92. The second-order valence-corrected chi connectivity index (χ2v) is 8.10. The van der Waals surface area contributed by atoms with Crippen LogP contribution in [-0.4, -0.2) is 58.5 Å². The summed E-state index contributed by atoms with van der Waals surface area (Å²) in [5.74, 6) is -0.193. The molecule has 7 nitrogen and oxygen atoms in total. The molecule has 1 aromatic heterocycles. The number of halogens is 3. The van der Waals surface area contributed by atoms with Crippen LogP contribution in [0.2, 0.25) is 0 Å². The molecule has 10 heteroatoms. The third-order valence-electron chi connectivity index (χ3n) is 5.68. The highest BCUT2D eigenvalue weighted by molar-refractivity contribution is 5.71. The van der Waals surface area contributed by atoms with Crippen LogP contribution in [0, 0.1) is 6.92 Å². The number of rotatable bonds is 6. The van der Waals surface area contributed by atoms with Crippen molar-refractivity contribution in [1.29, 1.82) is 0 Å². The summed E-state index contributed by atoms with van der Waals surface area (Å²) in [5, 5.41) is 21.8. The highest BCUT2D eigenvalue weighted by Crippen LogP contribution is 2.36. The summed E-state index contributed by atoms with van der Waals surface area (Å²) in [4.78, 5) is 13.8. The number of carbonyl (C=O) groups excluding carboxylic acids is 1. The van der Waals surface area contributed by atoms with Crippen molar-refractivity contribution in [3.8, 4) is 17.0 Å². The van der Waals surface area contributed by atoms with Crippen molar-refractivity contribution in [1.82, 2.24) is 15.1 Å². The lowest BCUT2D eigenvalue weighted by molar-refractivity contribution is -0.142. The van der Waals surface area contributed by atoms with Crippen LogP contribution in [0.4, 0.5) is 19.0 Å². The fraction of sp³-hybridized carbons (Fsp3) is 0.500. The van der Waals surface area contributed by atoms with E-state index in [0.29, 0.717) is 29.6 Å². The van der Waals surface area contributed by atoms with E-state index >= 15 is 0 Å².